The summed E-state index contributed by atoms with van der Waals surface area (Å²) in [5.74, 6) is 1.01. The van der Waals surface area contributed by atoms with Crippen LogP contribution in [0.15, 0.2) is 52.4 Å². The highest BCUT2D eigenvalue weighted by atomic mass is 32.2. The largest absolute Gasteiger partial charge is 0.492 e. The summed E-state index contributed by atoms with van der Waals surface area (Å²) in [7, 11) is -3.59. The summed E-state index contributed by atoms with van der Waals surface area (Å²) in [5.41, 5.74) is 1.28. The Labute approximate surface area is 204 Å². The Kier molecular flexibility index (Phi) is 7.25. The third kappa shape index (κ3) is 4.82. The molecule has 1 aliphatic heterocycles. The Balaban J connectivity index is 1.64. The Bertz CT molecular complexity index is 1350. The molecule has 34 heavy (non-hydrogen) atoms. The lowest BCUT2D eigenvalue weighted by Crippen LogP contribution is -2.42. The van der Waals surface area contributed by atoms with E-state index in [-0.39, 0.29) is 4.90 Å². The molecule has 1 amide bonds. The summed E-state index contributed by atoms with van der Waals surface area (Å²) < 4.78 is 36.5. The molecular weight excluding hydrogens is 470 g/mol. The Morgan fingerprint density at radius 3 is 2.38 bits per heavy atom. The molecule has 0 unspecified atom stereocenters. The summed E-state index contributed by atoms with van der Waals surface area (Å²) >= 11 is 1.43. The second-order valence-corrected chi connectivity index (χ2v) is 11.8. The molecule has 3 aromatic rings. The number of carbonyl (C=O) groups excluding carboxylic acids is 1. The minimum Gasteiger partial charge on any atom is -0.492 e. The molecule has 1 fully saturated rings. The minimum absolute atomic E-state index is 0.206. The summed E-state index contributed by atoms with van der Waals surface area (Å²) in [6.45, 7) is 10.3. The molecule has 0 bridgehead atoms. The van der Waals surface area contributed by atoms with Gasteiger partial charge in [0.05, 0.1) is 16.2 Å². The standard InChI is InChI=1S/C25H31N3O4S2/c1-5-28-23-21(32-6-2)8-7-9-22(23)33-25(28)26-24(29)19-10-12-20(13-11-19)34(30,31)27-15-17(3)14-18(4)16-27/h7-13,17-18H,5-6,14-16H2,1-4H3/t17-,18+. The highest BCUT2D eigenvalue weighted by molar-refractivity contribution is 7.89. The highest BCUT2D eigenvalue weighted by Crippen LogP contribution is 2.28. The molecule has 0 saturated carbocycles. The molecule has 2 atom stereocenters. The van der Waals surface area contributed by atoms with Gasteiger partial charge in [0.1, 0.15) is 11.3 Å². The average Bonchev–Trinajstić information content (AvgIpc) is 3.16. The van der Waals surface area contributed by atoms with Gasteiger partial charge in [0, 0.05) is 25.2 Å². The van der Waals surface area contributed by atoms with Gasteiger partial charge < -0.3 is 9.30 Å². The lowest BCUT2D eigenvalue weighted by atomic mass is 9.94. The fraction of sp³-hybridized carbons (Fsp3) is 0.440. The van der Waals surface area contributed by atoms with E-state index >= 15 is 0 Å². The summed E-state index contributed by atoms with van der Waals surface area (Å²) in [6, 6.07) is 11.9. The molecule has 0 spiro atoms. The van der Waals surface area contributed by atoms with Crippen LogP contribution in [0.4, 0.5) is 0 Å². The van der Waals surface area contributed by atoms with Crippen molar-refractivity contribution in [2.45, 2.75) is 45.6 Å². The number of aryl methyl sites for hydroxylation is 1. The van der Waals surface area contributed by atoms with Crippen LogP contribution in [0.1, 0.15) is 44.5 Å². The van der Waals surface area contributed by atoms with Gasteiger partial charge in [-0.05, 0) is 68.5 Å². The molecule has 1 aliphatic rings. The Morgan fingerprint density at radius 2 is 1.76 bits per heavy atom. The first kappa shape index (κ1) is 24.6. The van der Waals surface area contributed by atoms with Crippen LogP contribution >= 0.6 is 11.3 Å². The number of nitrogens with zero attached hydrogens (tertiary/aromatic N) is 3. The number of benzene rings is 2. The topological polar surface area (TPSA) is 81.0 Å². The quantitative estimate of drug-likeness (QED) is 0.497. The van der Waals surface area contributed by atoms with Gasteiger partial charge in [0.25, 0.3) is 5.91 Å². The maximum atomic E-state index is 13.1. The van der Waals surface area contributed by atoms with Gasteiger partial charge in [-0.2, -0.15) is 9.30 Å². The van der Waals surface area contributed by atoms with Gasteiger partial charge in [-0.25, -0.2) is 8.42 Å². The van der Waals surface area contributed by atoms with Crippen molar-refractivity contribution >= 4 is 37.5 Å². The van der Waals surface area contributed by atoms with Crippen LogP contribution in [0.5, 0.6) is 5.75 Å². The molecule has 4 rings (SSSR count). The van der Waals surface area contributed by atoms with Gasteiger partial charge >= 0.3 is 0 Å². The van der Waals surface area contributed by atoms with Gasteiger partial charge in [-0.3, -0.25) is 4.79 Å². The van der Waals surface area contributed by atoms with Gasteiger partial charge in [0.2, 0.25) is 10.0 Å². The van der Waals surface area contributed by atoms with Crippen LogP contribution in [0.25, 0.3) is 10.2 Å². The molecule has 0 N–H and O–H groups in total. The van der Waals surface area contributed by atoms with E-state index in [0.29, 0.717) is 48.4 Å². The van der Waals surface area contributed by atoms with Crippen molar-refractivity contribution in [2.24, 2.45) is 16.8 Å². The maximum Gasteiger partial charge on any atom is 0.279 e. The first-order valence-electron chi connectivity index (χ1n) is 11.7. The smallest absolute Gasteiger partial charge is 0.279 e. The van der Waals surface area contributed by atoms with E-state index in [0.717, 1.165) is 22.4 Å². The van der Waals surface area contributed by atoms with Gasteiger partial charge in [-0.15, -0.1) is 0 Å². The first-order valence-corrected chi connectivity index (χ1v) is 13.9. The van der Waals surface area contributed by atoms with Crippen LogP contribution < -0.4 is 9.54 Å². The molecule has 0 aliphatic carbocycles. The summed E-state index contributed by atoms with van der Waals surface area (Å²) in [6.07, 6.45) is 1.03. The van der Waals surface area contributed by atoms with E-state index in [1.807, 2.05) is 36.6 Å². The van der Waals surface area contributed by atoms with Crippen molar-refractivity contribution in [1.82, 2.24) is 8.87 Å². The second kappa shape index (κ2) is 10.0. The van der Waals surface area contributed by atoms with Gasteiger partial charge in [0.15, 0.2) is 4.80 Å². The summed E-state index contributed by atoms with van der Waals surface area (Å²) in [4.78, 5) is 18.1. The zero-order chi connectivity index (χ0) is 24.5. The zero-order valence-corrected chi connectivity index (χ0v) is 21.7. The molecule has 1 saturated heterocycles. The van der Waals surface area contributed by atoms with Crippen LogP contribution in [0, 0.1) is 11.8 Å². The Hall–Kier alpha value is -2.49. The van der Waals surface area contributed by atoms with Crippen LogP contribution in [-0.2, 0) is 16.6 Å². The number of fused-ring (bicyclic) bond motifs is 1. The van der Waals surface area contributed by atoms with Crippen molar-refractivity contribution in [3.05, 3.63) is 52.8 Å². The van der Waals surface area contributed by atoms with E-state index in [9.17, 15) is 13.2 Å². The first-order chi connectivity index (χ1) is 16.2. The number of sulfonamides is 1. The monoisotopic (exact) mass is 501 g/mol. The number of thiazole rings is 1. The number of rotatable bonds is 6. The fourth-order valence-electron chi connectivity index (χ4n) is 4.62. The van der Waals surface area contributed by atoms with Crippen molar-refractivity contribution in [3.8, 4) is 5.75 Å². The highest BCUT2D eigenvalue weighted by Gasteiger charge is 2.31. The molecule has 0 radical (unpaired) electrons. The van der Waals surface area contributed by atoms with Crippen molar-refractivity contribution in [3.63, 3.8) is 0 Å². The molecular formula is C25H31N3O4S2. The predicted molar refractivity (Wildman–Crippen MR) is 135 cm³/mol. The van der Waals surface area contributed by atoms with E-state index < -0.39 is 15.9 Å². The van der Waals surface area contributed by atoms with E-state index in [2.05, 4.69) is 18.8 Å². The van der Waals surface area contributed by atoms with Gasteiger partial charge in [-0.1, -0.05) is 31.3 Å². The number of aromatic nitrogens is 1. The van der Waals surface area contributed by atoms with E-state index in [4.69, 9.17) is 4.74 Å². The molecule has 2 heterocycles. The lowest BCUT2D eigenvalue weighted by Gasteiger charge is -2.34. The number of ether oxygens (including phenoxy) is 1. The number of hydrogen-bond acceptors (Lipinski definition) is 5. The zero-order valence-electron chi connectivity index (χ0n) is 20.0. The molecule has 9 heteroatoms. The number of piperidine rings is 1. The predicted octanol–water partition coefficient (Wildman–Crippen LogP) is 4.53. The SMILES string of the molecule is CCOc1cccc2sc(=NC(=O)c3ccc(S(=O)(=O)N4C[C@H](C)C[C@H](C)C4)cc3)n(CC)c12. The minimum atomic E-state index is -3.59. The lowest BCUT2D eigenvalue weighted by molar-refractivity contribution is 0.0997. The third-order valence-corrected chi connectivity index (χ3v) is 8.94. The van der Waals surface area contributed by atoms with Crippen molar-refractivity contribution in [1.29, 1.82) is 0 Å². The van der Waals surface area contributed by atoms with Crippen molar-refractivity contribution in [2.75, 3.05) is 19.7 Å². The number of para-hydroxylation sites is 1. The van der Waals surface area contributed by atoms with E-state index in [1.165, 1.54) is 23.5 Å². The average molecular weight is 502 g/mol. The number of amides is 1. The van der Waals surface area contributed by atoms with E-state index in [1.54, 1.807) is 16.4 Å². The number of carbonyl (C=O) groups is 1. The maximum absolute atomic E-state index is 13.1. The normalized spacial score (nSPS) is 20.1. The molecule has 2 aromatic carbocycles. The molecule has 1 aromatic heterocycles. The molecule has 7 nitrogen and oxygen atoms in total. The van der Waals surface area contributed by atoms with Crippen LogP contribution in [0.2, 0.25) is 0 Å². The van der Waals surface area contributed by atoms with Crippen LogP contribution in [0.3, 0.4) is 0 Å². The van der Waals surface area contributed by atoms with Crippen LogP contribution in [-0.4, -0.2) is 42.9 Å². The third-order valence-electron chi connectivity index (χ3n) is 6.05. The summed E-state index contributed by atoms with van der Waals surface area (Å²) in [5, 5.41) is 0. The Morgan fingerprint density at radius 1 is 1.09 bits per heavy atom. The van der Waals surface area contributed by atoms with Crippen molar-refractivity contribution < 1.29 is 17.9 Å². The number of hydrogen-bond donors (Lipinski definition) is 0. The second-order valence-electron chi connectivity index (χ2n) is 8.87. The molecule has 182 valence electrons. The fourth-order valence-corrected chi connectivity index (χ4v) is 7.41.